The lowest BCUT2D eigenvalue weighted by atomic mass is 10.1. The highest BCUT2D eigenvalue weighted by molar-refractivity contribution is 6.53. The zero-order chi connectivity index (χ0) is 36.8. The number of imide groups is 1. The van der Waals surface area contributed by atoms with E-state index in [1.165, 1.54) is 65.8 Å². The highest BCUT2D eigenvalue weighted by Gasteiger charge is 2.67. The average molecular weight is 780 g/mol. The number of carbonyl (C=O) groups is 4. The molecule has 1 fully saturated rings. The van der Waals surface area contributed by atoms with Crippen LogP contribution in [0.3, 0.4) is 0 Å². The van der Waals surface area contributed by atoms with Crippen LogP contribution in [-0.2, 0) is 14.3 Å². The summed E-state index contributed by atoms with van der Waals surface area (Å²) in [5.74, 6) is -5.75. The first-order valence-corrected chi connectivity index (χ1v) is 16.4. The van der Waals surface area contributed by atoms with Crippen LogP contribution in [-0.4, -0.2) is 39.5 Å². The van der Waals surface area contributed by atoms with Crippen molar-refractivity contribution in [1.29, 1.82) is 0 Å². The predicted molar refractivity (Wildman–Crippen MR) is 186 cm³/mol. The summed E-state index contributed by atoms with van der Waals surface area (Å²) in [5.41, 5.74) is -3.42. The van der Waals surface area contributed by atoms with Crippen LogP contribution in [0.4, 0.5) is 35.4 Å². The summed E-state index contributed by atoms with van der Waals surface area (Å²) < 4.78 is 39.1. The zero-order valence-corrected chi connectivity index (χ0v) is 30.6. The monoisotopic (exact) mass is 777 g/mol. The van der Waals surface area contributed by atoms with Gasteiger partial charge in [0.1, 0.15) is 27.0 Å². The number of hydrogen-bond acceptors (Lipinski definition) is 6. The minimum absolute atomic E-state index is 0.0910. The van der Waals surface area contributed by atoms with E-state index in [0.717, 1.165) is 0 Å². The van der Waals surface area contributed by atoms with Gasteiger partial charge < -0.3 is 20.1 Å². The molecule has 1 saturated carbocycles. The molecule has 2 atom stereocenters. The normalized spacial score (nSPS) is 16.8. The number of alkyl halides is 2. The topological polar surface area (TPSA) is 114 Å². The molecule has 49 heavy (non-hydrogen) atoms. The third-order valence-electron chi connectivity index (χ3n) is 6.71. The zero-order valence-electron chi connectivity index (χ0n) is 26.8. The minimum Gasteiger partial charge on any atom is -0.443 e. The lowest BCUT2D eigenvalue weighted by Gasteiger charge is -2.29. The fourth-order valence-corrected chi connectivity index (χ4v) is 6.34. The SMILES string of the molecule is CC(C)(C)OC(=O)N(C(=O)OC(C)(C)C)c1c(F)cc(F)cc1NC(=O)c1cc(NC(=O)[C@H]2C(c3cc(Cl)cc(Cl)c3)C2(Cl)Cl)ccc1Cl. The van der Waals surface area contributed by atoms with Crippen molar-refractivity contribution in [2.24, 2.45) is 5.92 Å². The summed E-state index contributed by atoms with van der Waals surface area (Å²) >= 11 is 31.4. The molecule has 2 N–H and O–H groups in total. The van der Waals surface area contributed by atoms with Crippen molar-refractivity contribution in [3.05, 3.63) is 86.4 Å². The number of benzene rings is 3. The highest BCUT2D eigenvalue weighted by atomic mass is 35.5. The van der Waals surface area contributed by atoms with Crippen LogP contribution >= 0.6 is 58.0 Å². The van der Waals surface area contributed by atoms with Crippen LogP contribution in [0.15, 0.2) is 48.5 Å². The number of carbonyl (C=O) groups excluding carboxylic acids is 4. The molecular formula is C33H30Cl5F2N3O6. The maximum atomic E-state index is 15.5. The molecule has 4 amide bonds. The first kappa shape index (κ1) is 38.5. The molecule has 9 nitrogen and oxygen atoms in total. The largest absolute Gasteiger partial charge is 0.443 e. The van der Waals surface area contributed by atoms with E-state index in [2.05, 4.69) is 10.6 Å². The van der Waals surface area contributed by atoms with Gasteiger partial charge >= 0.3 is 12.2 Å². The van der Waals surface area contributed by atoms with E-state index in [9.17, 15) is 23.6 Å². The van der Waals surface area contributed by atoms with Crippen molar-refractivity contribution in [1.82, 2.24) is 0 Å². The van der Waals surface area contributed by atoms with Gasteiger partial charge in [0.15, 0.2) is 5.82 Å². The number of anilines is 3. The third kappa shape index (κ3) is 9.26. The Balaban J connectivity index is 1.65. The van der Waals surface area contributed by atoms with Gasteiger partial charge in [-0.05, 0) is 89.6 Å². The number of hydrogen-bond donors (Lipinski definition) is 2. The smallest absolute Gasteiger partial charge is 0.424 e. The van der Waals surface area contributed by atoms with Gasteiger partial charge in [0.05, 0.1) is 22.2 Å². The Morgan fingerprint density at radius 1 is 0.796 bits per heavy atom. The number of nitrogens with one attached hydrogen (secondary N) is 2. The Morgan fingerprint density at radius 3 is 1.88 bits per heavy atom. The fourth-order valence-electron chi connectivity index (χ4n) is 4.77. The second-order valence-electron chi connectivity index (χ2n) is 13.1. The molecule has 0 heterocycles. The molecule has 1 aliphatic rings. The maximum Gasteiger partial charge on any atom is 0.424 e. The summed E-state index contributed by atoms with van der Waals surface area (Å²) in [6.07, 6.45) is -2.72. The number of amides is 4. The van der Waals surface area contributed by atoms with Gasteiger partial charge in [-0.15, -0.1) is 23.2 Å². The average Bonchev–Trinajstić information content (AvgIpc) is 3.50. The lowest BCUT2D eigenvalue weighted by Crippen LogP contribution is -2.44. The summed E-state index contributed by atoms with van der Waals surface area (Å²) in [7, 11) is 0. The molecule has 1 unspecified atom stereocenters. The van der Waals surface area contributed by atoms with E-state index in [1.54, 1.807) is 12.1 Å². The lowest BCUT2D eigenvalue weighted by molar-refractivity contribution is -0.117. The Morgan fingerprint density at radius 2 is 1.35 bits per heavy atom. The highest BCUT2D eigenvalue weighted by Crippen LogP contribution is 2.65. The van der Waals surface area contributed by atoms with Crippen molar-refractivity contribution < 1.29 is 37.4 Å². The predicted octanol–water partition coefficient (Wildman–Crippen LogP) is 10.4. The van der Waals surface area contributed by atoms with Crippen molar-refractivity contribution in [2.45, 2.75) is 63.0 Å². The molecule has 0 radical (unpaired) electrons. The molecular weight excluding hydrogens is 750 g/mol. The van der Waals surface area contributed by atoms with Crippen LogP contribution in [0.5, 0.6) is 0 Å². The number of nitrogens with zero attached hydrogens (tertiary/aromatic N) is 1. The summed E-state index contributed by atoms with van der Waals surface area (Å²) in [6.45, 7) is 9.04. The van der Waals surface area contributed by atoms with Crippen molar-refractivity contribution in [2.75, 3.05) is 15.5 Å². The quantitative estimate of drug-likeness (QED) is 0.241. The first-order chi connectivity index (χ1) is 22.5. The van der Waals surface area contributed by atoms with Crippen LogP contribution in [0.25, 0.3) is 0 Å². The molecule has 1 aliphatic carbocycles. The Kier molecular flexibility index (Phi) is 11.1. The van der Waals surface area contributed by atoms with Crippen LogP contribution in [0.1, 0.15) is 63.4 Å². The summed E-state index contributed by atoms with van der Waals surface area (Å²) in [5, 5.41) is 5.46. The molecule has 4 rings (SSSR count). The van der Waals surface area contributed by atoms with Crippen LogP contribution < -0.4 is 15.5 Å². The van der Waals surface area contributed by atoms with Gasteiger partial charge in [0.2, 0.25) is 5.91 Å². The molecule has 3 aromatic rings. The molecule has 0 saturated heterocycles. The summed E-state index contributed by atoms with van der Waals surface area (Å²) in [6, 6.07) is 9.68. The van der Waals surface area contributed by atoms with Crippen molar-refractivity contribution >= 4 is 99.1 Å². The molecule has 0 aliphatic heterocycles. The molecule has 0 bridgehead atoms. The van der Waals surface area contributed by atoms with Gasteiger partial charge in [-0.1, -0.05) is 34.8 Å². The molecule has 0 aromatic heterocycles. The van der Waals surface area contributed by atoms with Gasteiger partial charge in [-0.2, -0.15) is 4.90 Å². The number of ether oxygens (including phenoxy) is 2. The second kappa shape index (κ2) is 14.1. The molecule has 16 heteroatoms. The summed E-state index contributed by atoms with van der Waals surface area (Å²) in [4.78, 5) is 53.5. The van der Waals surface area contributed by atoms with Crippen LogP contribution in [0.2, 0.25) is 15.1 Å². The van der Waals surface area contributed by atoms with E-state index < -0.39 is 74.4 Å². The molecule has 262 valence electrons. The molecule has 0 spiro atoms. The van der Waals surface area contributed by atoms with E-state index in [4.69, 9.17) is 67.5 Å². The second-order valence-corrected chi connectivity index (χ2v) is 15.8. The minimum atomic E-state index is -1.49. The van der Waals surface area contributed by atoms with E-state index in [-0.39, 0.29) is 21.2 Å². The van der Waals surface area contributed by atoms with Crippen LogP contribution in [0, 0.1) is 17.6 Å². The number of halogens is 7. The van der Waals surface area contributed by atoms with E-state index in [1.807, 2.05) is 0 Å². The van der Waals surface area contributed by atoms with Gasteiger partial charge in [0.25, 0.3) is 5.91 Å². The Hall–Kier alpha value is -3.35. The van der Waals surface area contributed by atoms with Crippen molar-refractivity contribution in [3.63, 3.8) is 0 Å². The van der Waals surface area contributed by atoms with E-state index in [0.29, 0.717) is 27.7 Å². The van der Waals surface area contributed by atoms with Crippen molar-refractivity contribution in [3.8, 4) is 0 Å². The number of rotatable bonds is 6. The Bertz CT molecular complexity index is 1800. The fraction of sp³-hybridized carbons (Fsp3) is 0.333. The van der Waals surface area contributed by atoms with Gasteiger partial charge in [-0.3, -0.25) is 9.59 Å². The first-order valence-electron chi connectivity index (χ1n) is 14.5. The third-order valence-corrected chi connectivity index (χ3v) is 8.42. The Labute approximate surface area is 306 Å². The van der Waals surface area contributed by atoms with Gasteiger partial charge in [-0.25, -0.2) is 18.4 Å². The maximum absolute atomic E-state index is 15.5. The molecule has 3 aromatic carbocycles. The van der Waals surface area contributed by atoms with Gasteiger partial charge in [0, 0.05) is 27.7 Å². The standard InChI is InChI=1S/C33H30Cl5F2N3O6/c1-31(2,3)48-29(46)43(30(47)49-32(4,5)6)26-22(40)12-18(39)13-23(26)42-27(44)20-14-19(7-8-21(20)36)41-28(45)25-24(33(25,37)38)15-9-16(34)11-17(35)10-15/h7-14,24-25H,1-6H3,(H,41,45)(H,42,44)/t24?,25-/m1/s1. The van der Waals surface area contributed by atoms with E-state index >= 15 is 4.39 Å².